The average molecular weight is 489 g/mol. The third kappa shape index (κ3) is 4.32. The molecule has 0 spiro atoms. The maximum Gasteiger partial charge on any atom is 0.344 e. The van der Waals surface area contributed by atoms with Crippen molar-refractivity contribution in [3.8, 4) is 22.6 Å². The van der Waals surface area contributed by atoms with Crippen molar-refractivity contribution in [3.63, 3.8) is 0 Å². The first-order chi connectivity index (χ1) is 18.1. The van der Waals surface area contributed by atoms with Gasteiger partial charge in [0.15, 0.2) is 0 Å². The van der Waals surface area contributed by atoms with Gasteiger partial charge in [0.25, 0.3) is 5.91 Å². The summed E-state index contributed by atoms with van der Waals surface area (Å²) in [4.78, 5) is 27.2. The number of hydrogen-bond acceptors (Lipinski definition) is 6. The maximum absolute atomic E-state index is 13.1. The number of rotatable bonds is 5. The molecule has 0 bridgehead atoms. The number of amides is 1. The summed E-state index contributed by atoms with van der Waals surface area (Å²) in [5, 5.41) is 12.8. The van der Waals surface area contributed by atoms with Crippen LogP contribution in [0.3, 0.4) is 0 Å². The summed E-state index contributed by atoms with van der Waals surface area (Å²) in [6, 6.07) is 28.7. The fourth-order valence-electron chi connectivity index (χ4n) is 4.12. The molecule has 0 fully saturated rings. The standard InChI is InChI=1S/C29H20N4O4/c1-36-23-12-10-22(11-13-23)33-31-25-14-9-21(17-26(25)32-33)30-28(34)20-7-4-6-18(15-20)24-16-19-5-2-3-8-27(19)37-29(24)35/h2-17H,1H3,(H,30,34). The van der Waals surface area contributed by atoms with E-state index in [1.807, 2.05) is 42.5 Å². The van der Waals surface area contributed by atoms with E-state index in [0.29, 0.717) is 39.0 Å². The minimum atomic E-state index is -0.457. The van der Waals surface area contributed by atoms with Gasteiger partial charge in [-0.25, -0.2) is 4.79 Å². The summed E-state index contributed by atoms with van der Waals surface area (Å²) in [6.45, 7) is 0. The minimum absolute atomic E-state index is 0.311. The Kier molecular flexibility index (Phi) is 5.46. The molecule has 0 aliphatic carbocycles. The summed E-state index contributed by atoms with van der Waals surface area (Å²) in [7, 11) is 1.61. The van der Waals surface area contributed by atoms with Crippen molar-refractivity contribution in [2.24, 2.45) is 0 Å². The molecular formula is C29H20N4O4. The van der Waals surface area contributed by atoms with Crippen molar-refractivity contribution < 1.29 is 13.9 Å². The van der Waals surface area contributed by atoms with E-state index >= 15 is 0 Å². The zero-order valence-electron chi connectivity index (χ0n) is 19.7. The number of carbonyl (C=O) groups excluding carboxylic acids is 1. The Morgan fingerprint density at radius 2 is 1.68 bits per heavy atom. The second-order valence-electron chi connectivity index (χ2n) is 8.41. The molecule has 6 rings (SSSR count). The molecular weight excluding hydrogens is 468 g/mol. The Morgan fingerprint density at radius 3 is 2.51 bits per heavy atom. The molecule has 1 N–H and O–H groups in total. The number of hydrogen-bond donors (Lipinski definition) is 1. The van der Waals surface area contributed by atoms with E-state index in [1.165, 1.54) is 4.80 Å². The number of aromatic nitrogens is 3. The fraction of sp³-hybridized carbons (Fsp3) is 0.0345. The van der Waals surface area contributed by atoms with E-state index in [-0.39, 0.29) is 5.91 Å². The average Bonchev–Trinajstić information content (AvgIpc) is 3.36. The van der Waals surface area contributed by atoms with Gasteiger partial charge in [0.05, 0.1) is 18.4 Å². The number of methoxy groups -OCH3 is 1. The molecule has 8 heteroatoms. The SMILES string of the molecule is COc1ccc(-n2nc3ccc(NC(=O)c4cccc(-c5cc6ccccc6oc5=O)c4)cc3n2)cc1. The highest BCUT2D eigenvalue weighted by atomic mass is 16.5. The highest BCUT2D eigenvalue weighted by molar-refractivity contribution is 6.05. The summed E-state index contributed by atoms with van der Waals surface area (Å²) in [6.07, 6.45) is 0. The van der Waals surface area contributed by atoms with Crippen LogP contribution in [0.5, 0.6) is 5.75 Å². The van der Waals surface area contributed by atoms with Crippen molar-refractivity contribution in [1.29, 1.82) is 0 Å². The molecule has 0 radical (unpaired) electrons. The molecule has 0 atom stereocenters. The number of nitrogens with one attached hydrogen (secondary N) is 1. The smallest absolute Gasteiger partial charge is 0.344 e. The third-order valence-electron chi connectivity index (χ3n) is 6.02. The van der Waals surface area contributed by atoms with Crippen LogP contribution in [0.4, 0.5) is 5.69 Å². The van der Waals surface area contributed by atoms with Crippen LogP contribution < -0.4 is 15.7 Å². The lowest BCUT2D eigenvalue weighted by Gasteiger charge is -2.07. The molecule has 6 aromatic rings. The third-order valence-corrected chi connectivity index (χ3v) is 6.02. The van der Waals surface area contributed by atoms with E-state index < -0.39 is 5.63 Å². The molecule has 2 heterocycles. The van der Waals surface area contributed by atoms with Gasteiger partial charge in [0, 0.05) is 16.6 Å². The van der Waals surface area contributed by atoms with Gasteiger partial charge in [-0.15, -0.1) is 10.2 Å². The van der Waals surface area contributed by atoms with Crippen molar-refractivity contribution in [3.05, 3.63) is 113 Å². The van der Waals surface area contributed by atoms with Crippen LogP contribution in [0, 0.1) is 0 Å². The molecule has 1 amide bonds. The molecule has 4 aromatic carbocycles. The van der Waals surface area contributed by atoms with Gasteiger partial charge >= 0.3 is 5.63 Å². The lowest BCUT2D eigenvalue weighted by Crippen LogP contribution is -2.12. The molecule has 0 saturated carbocycles. The molecule has 0 aliphatic heterocycles. The lowest BCUT2D eigenvalue weighted by molar-refractivity contribution is 0.102. The first-order valence-corrected chi connectivity index (χ1v) is 11.5. The normalized spacial score (nSPS) is 11.1. The second kappa shape index (κ2) is 9.09. The van der Waals surface area contributed by atoms with Crippen LogP contribution in [-0.2, 0) is 0 Å². The van der Waals surface area contributed by atoms with Gasteiger partial charge in [-0.3, -0.25) is 4.79 Å². The Morgan fingerprint density at radius 1 is 0.865 bits per heavy atom. The monoisotopic (exact) mass is 488 g/mol. The van der Waals surface area contributed by atoms with Gasteiger partial charge in [0.1, 0.15) is 22.4 Å². The number of para-hydroxylation sites is 1. The highest BCUT2D eigenvalue weighted by Gasteiger charge is 2.13. The summed E-state index contributed by atoms with van der Waals surface area (Å²) in [5.41, 5.74) is 4.16. The van der Waals surface area contributed by atoms with Crippen LogP contribution in [0.25, 0.3) is 38.8 Å². The zero-order chi connectivity index (χ0) is 25.4. The number of anilines is 1. The Labute approximate surface area is 210 Å². The first kappa shape index (κ1) is 22.2. The van der Waals surface area contributed by atoms with E-state index in [4.69, 9.17) is 9.15 Å². The van der Waals surface area contributed by atoms with Gasteiger partial charge < -0.3 is 14.5 Å². The highest BCUT2D eigenvalue weighted by Crippen LogP contribution is 2.23. The quantitative estimate of drug-likeness (QED) is 0.324. The van der Waals surface area contributed by atoms with Crippen LogP contribution in [0.2, 0.25) is 0 Å². The van der Waals surface area contributed by atoms with Crippen molar-refractivity contribution in [1.82, 2.24) is 15.0 Å². The maximum atomic E-state index is 13.1. The van der Waals surface area contributed by atoms with Gasteiger partial charge in [-0.1, -0.05) is 30.3 Å². The second-order valence-corrected chi connectivity index (χ2v) is 8.41. The minimum Gasteiger partial charge on any atom is -0.497 e. The number of carbonyl (C=O) groups is 1. The summed E-state index contributed by atoms with van der Waals surface area (Å²) >= 11 is 0. The van der Waals surface area contributed by atoms with Crippen LogP contribution >= 0.6 is 0 Å². The number of fused-ring (bicyclic) bond motifs is 2. The number of benzene rings is 4. The van der Waals surface area contributed by atoms with Crippen molar-refractivity contribution >= 4 is 33.6 Å². The molecule has 0 aliphatic rings. The number of ether oxygens (including phenoxy) is 1. The van der Waals surface area contributed by atoms with Gasteiger partial charge in [-0.2, -0.15) is 4.80 Å². The Hall–Kier alpha value is -5.24. The molecule has 0 saturated heterocycles. The predicted molar refractivity (Wildman–Crippen MR) is 141 cm³/mol. The molecule has 0 unspecified atom stereocenters. The summed E-state index contributed by atoms with van der Waals surface area (Å²) in [5.74, 6) is 0.435. The predicted octanol–water partition coefficient (Wildman–Crippen LogP) is 5.45. The van der Waals surface area contributed by atoms with E-state index in [0.717, 1.165) is 16.8 Å². The largest absolute Gasteiger partial charge is 0.497 e. The van der Waals surface area contributed by atoms with E-state index in [2.05, 4.69) is 15.5 Å². The van der Waals surface area contributed by atoms with E-state index in [1.54, 1.807) is 61.7 Å². The fourth-order valence-corrected chi connectivity index (χ4v) is 4.12. The van der Waals surface area contributed by atoms with Crippen LogP contribution in [0.1, 0.15) is 10.4 Å². The van der Waals surface area contributed by atoms with Crippen LogP contribution in [0.15, 0.2) is 106 Å². The Bertz CT molecular complexity index is 1840. The molecule has 2 aromatic heterocycles. The van der Waals surface area contributed by atoms with E-state index in [9.17, 15) is 9.59 Å². The zero-order valence-corrected chi connectivity index (χ0v) is 19.7. The lowest BCUT2D eigenvalue weighted by atomic mass is 10.0. The van der Waals surface area contributed by atoms with Gasteiger partial charge in [0.2, 0.25) is 0 Å². The summed E-state index contributed by atoms with van der Waals surface area (Å²) < 4.78 is 10.7. The molecule has 8 nitrogen and oxygen atoms in total. The number of nitrogens with zero attached hydrogens (tertiary/aromatic N) is 3. The Balaban J connectivity index is 1.26. The van der Waals surface area contributed by atoms with Crippen molar-refractivity contribution in [2.45, 2.75) is 0 Å². The molecule has 37 heavy (non-hydrogen) atoms. The first-order valence-electron chi connectivity index (χ1n) is 11.5. The van der Waals surface area contributed by atoms with Crippen LogP contribution in [-0.4, -0.2) is 28.0 Å². The molecule has 180 valence electrons. The van der Waals surface area contributed by atoms with Gasteiger partial charge in [-0.05, 0) is 72.3 Å². The van der Waals surface area contributed by atoms with Crippen molar-refractivity contribution in [2.75, 3.05) is 12.4 Å². The topological polar surface area (TPSA) is 99.2 Å².